The fourth-order valence-corrected chi connectivity index (χ4v) is 4.87. The summed E-state index contributed by atoms with van der Waals surface area (Å²) in [6.45, 7) is 6.73. The lowest BCUT2D eigenvalue weighted by Gasteiger charge is -2.38. The maximum Gasteiger partial charge on any atom is 0.233 e. The van der Waals surface area contributed by atoms with Crippen molar-refractivity contribution in [1.29, 1.82) is 0 Å². The molecule has 2 heterocycles. The summed E-state index contributed by atoms with van der Waals surface area (Å²) in [4.78, 5) is 33.3. The van der Waals surface area contributed by atoms with Gasteiger partial charge in [0.25, 0.3) is 0 Å². The van der Waals surface area contributed by atoms with E-state index in [1.807, 2.05) is 20.6 Å². The number of nitrogens with zero attached hydrogens (tertiary/aromatic N) is 4. The van der Waals surface area contributed by atoms with Gasteiger partial charge in [-0.05, 0) is 49.9 Å². The van der Waals surface area contributed by atoms with E-state index >= 15 is 0 Å². The fraction of sp³-hybridized carbons (Fsp3) is 0.500. The van der Waals surface area contributed by atoms with Gasteiger partial charge in [-0.3, -0.25) is 14.2 Å². The highest BCUT2D eigenvalue weighted by Crippen LogP contribution is 2.28. The van der Waals surface area contributed by atoms with Crippen LogP contribution in [0.4, 0.5) is 0 Å². The molecule has 1 aliphatic carbocycles. The average molecular weight is 413 g/mol. The molecule has 4 rings (SSSR count). The van der Waals surface area contributed by atoms with Crippen LogP contribution >= 0.6 is 11.8 Å². The van der Waals surface area contributed by atoms with Gasteiger partial charge in [-0.25, -0.2) is 4.98 Å². The van der Waals surface area contributed by atoms with Crippen LogP contribution in [0.5, 0.6) is 0 Å². The number of aryl methyl sites for hydroxylation is 2. The molecule has 29 heavy (non-hydrogen) atoms. The summed E-state index contributed by atoms with van der Waals surface area (Å²) in [6.07, 6.45) is 6.94. The molecule has 1 aromatic carbocycles. The molecule has 1 aliphatic heterocycles. The molecule has 0 atom stereocenters. The third-order valence-electron chi connectivity index (χ3n) is 5.81. The highest BCUT2D eigenvalue weighted by Gasteiger charge is 2.32. The largest absolute Gasteiger partial charge is 0.339 e. The molecule has 2 aliphatic rings. The number of rotatable bonds is 5. The third kappa shape index (κ3) is 4.50. The molecule has 1 aromatic heterocycles. The Morgan fingerprint density at radius 2 is 1.69 bits per heavy atom. The Balaban J connectivity index is 1.32. The van der Waals surface area contributed by atoms with E-state index in [9.17, 15) is 9.59 Å². The quantitative estimate of drug-likeness (QED) is 0.709. The van der Waals surface area contributed by atoms with Crippen molar-refractivity contribution in [1.82, 2.24) is 19.4 Å². The minimum Gasteiger partial charge on any atom is -0.339 e. The first-order valence-electron chi connectivity index (χ1n) is 10.3. The molecule has 0 unspecified atom stereocenters. The van der Waals surface area contributed by atoms with Crippen molar-refractivity contribution in [3.05, 3.63) is 41.7 Å². The lowest BCUT2D eigenvalue weighted by atomic mass is 9.84. The lowest BCUT2D eigenvalue weighted by Crippen LogP contribution is -2.53. The van der Waals surface area contributed by atoms with Gasteiger partial charge in [0.15, 0.2) is 5.16 Å². The topological polar surface area (TPSA) is 58.4 Å². The summed E-state index contributed by atoms with van der Waals surface area (Å²) >= 11 is 1.47. The Morgan fingerprint density at radius 3 is 2.31 bits per heavy atom. The van der Waals surface area contributed by atoms with Crippen LogP contribution in [0.15, 0.2) is 35.7 Å². The van der Waals surface area contributed by atoms with E-state index in [4.69, 9.17) is 0 Å². The zero-order valence-electron chi connectivity index (χ0n) is 17.1. The number of imidazole rings is 1. The number of thioether (sulfide) groups is 1. The predicted octanol–water partition coefficient (Wildman–Crippen LogP) is 3.05. The molecule has 6 nitrogen and oxygen atoms in total. The van der Waals surface area contributed by atoms with Crippen LogP contribution in [0.1, 0.15) is 30.4 Å². The standard InChI is InChI=1S/C22H28N4O2S/c1-16-12-17(2)14-19(13-16)26-7-6-23-22(26)29-15-20(27)24-8-10-25(11-9-24)21(28)18-4-3-5-18/h6-7,12-14,18H,3-5,8-11,15H2,1-2H3. The molecule has 0 bridgehead atoms. The van der Waals surface area contributed by atoms with Gasteiger partial charge in [-0.2, -0.15) is 0 Å². The van der Waals surface area contributed by atoms with Crippen LogP contribution in [0.2, 0.25) is 0 Å². The molecule has 0 radical (unpaired) electrons. The summed E-state index contributed by atoms with van der Waals surface area (Å²) in [6, 6.07) is 6.39. The maximum atomic E-state index is 12.7. The molecule has 0 spiro atoms. The van der Waals surface area contributed by atoms with Gasteiger partial charge in [0.05, 0.1) is 5.75 Å². The Labute approximate surface area is 176 Å². The third-order valence-corrected chi connectivity index (χ3v) is 6.77. The van der Waals surface area contributed by atoms with Crippen LogP contribution < -0.4 is 0 Å². The van der Waals surface area contributed by atoms with Crippen molar-refractivity contribution in [3.8, 4) is 5.69 Å². The number of aromatic nitrogens is 2. The first-order valence-corrected chi connectivity index (χ1v) is 11.3. The number of piperazine rings is 1. The zero-order chi connectivity index (χ0) is 20.4. The van der Waals surface area contributed by atoms with Crippen molar-refractivity contribution in [2.45, 2.75) is 38.3 Å². The monoisotopic (exact) mass is 412 g/mol. The van der Waals surface area contributed by atoms with E-state index in [-0.39, 0.29) is 17.7 Å². The molecular weight excluding hydrogens is 384 g/mol. The molecule has 1 saturated heterocycles. The minimum absolute atomic E-state index is 0.112. The van der Waals surface area contributed by atoms with Crippen LogP contribution in [0.3, 0.4) is 0 Å². The van der Waals surface area contributed by atoms with E-state index in [2.05, 4.69) is 37.0 Å². The lowest BCUT2D eigenvalue weighted by molar-refractivity contribution is -0.143. The Hall–Kier alpha value is -2.28. The molecule has 2 amide bonds. The molecule has 1 saturated carbocycles. The summed E-state index contributed by atoms with van der Waals surface area (Å²) in [7, 11) is 0. The van der Waals surface area contributed by atoms with Gasteiger partial charge in [0.1, 0.15) is 0 Å². The van der Waals surface area contributed by atoms with Crippen LogP contribution in [-0.4, -0.2) is 63.1 Å². The van der Waals surface area contributed by atoms with Crippen LogP contribution in [0, 0.1) is 19.8 Å². The van der Waals surface area contributed by atoms with Gasteiger partial charge in [0, 0.05) is 50.2 Å². The van der Waals surface area contributed by atoms with Crippen LogP contribution in [-0.2, 0) is 9.59 Å². The molecular formula is C22H28N4O2S. The molecule has 2 fully saturated rings. The summed E-state index contributed by atoms with van der Waals surface area (Å²) in [5.41, 5.74) is 3.48. The Bertz CT molecular complexity index is 878. The number of hydrogen-bond donors (Lipinski definition) is 0. The SMILES string of the molecule is Cc1cc(C)cc(-n2ccnc2SCC(=O)N2CCN(C(=O)C3CCC3)CC2)c1. The number of benzene rings is 1. The Kier molecular flexibility index (Phi) is 5.94. The second-order valence-electron chi connectivity index (χ2n) is 8.05. The number of carbonyl (C=O) groups is 2. The fourth-order valence-electron chi connectivity index (χ4n) is 3.99. The summed E-state index contributed by atoms with van der Waals surface area (Å²) in [5, 5.41) is 0.821. The summed E-state index contributed by atoms with van der Waals surface area (Å²) < 4.78 is 2.03. The molecule has 7 heteroatoms. The van der Waals surface area contributed by atoms with E-state index in [0.717, 1.165) is 23.7 Å². The molecule has 154 valence electrons. The van der Waals surface area contributed by atoms with E-state index in [1.54, 1.807) is 6.20 Å². The van der Waals surface area contributed by atoms with Crippen molar-refractivity contribution in [2.24, 2.45) is 5.92 Å². The van der Waals surface area contributed by atoms with E-state index in [1.165, 1.54) is 29.3 Å². The number of amides is 2. The van der Waals surface area contributed by atoms with Crippen molar-refractivity contribution in [2.75, 3.05) is 31.9 Å². The van der Waals surface area contributed by atoms with Gasteiger partial charge in [0.2, 0.25) is 11.8 Å². The van der Waals surface area contributed by atoms with E-state index < -0.39 is 0 Å². The average Bonchev–Trinajstić information content (AvgIpc) is 3.12. The van der Waals surface area contributed by atoms with Gasteiger partial charge < -0.3 is 9.80 Å². The van der Waals surface area contributed by atoms with Gasteiger partial charge >= 0.3 is 0 Å². The van der Waals surface area contributed by atoms with Crippen molar-refractivity contribution < 1.29 is 9.59 Å². The molecule has 2 aromatic rings. The highest BCUT2D eigenvalue weighted by atomic mass is 32.2. The maximum absolute atomic E-state index is 12.7. The first-order chi connectivity index (χ1) is 14.0. The van der Waals surface area contributed by atoms with Gasteiger partial charge in [-0.15, -0.1) is 0 Å². The minimum atomic E-state index is 0.112. The van der Waals surface area contributed by atoms with E-state index in [0.29, 0.717) is 31.9 Å². The highest BCUT2D eigenvalue weighted by molar-refractivity contribution is 7.99. The number of carbonyl (C=O) groups excluding carboxylic acids is 2. The predicted molar refractivity (Wildman–Crippen MR) is 114 cm³/mol. The zero-order valence-corrected chi connectivity index (χ0v) is 18.0. The van der Waals surface area contributed by atoms with Gasteiger partial charge in [-0.1, -0.05) is 24.2 Å². The Morgan fingerprint density at radius 1 is 1.03 bits per heavy atom. The second-order valence-corrected chi connectivity index (χ2v) is 8.99. The summed E-state index contributed by atoms with van der Waals surface area (Å²) in [5.74, 6) is 0.990. The smallest absolute Gasteiger partial charge is 0.233 e. The molecule has 0 N–H and O–H groups in total. The van der Waals surface area contributed by atoms with Crippen molar-refractivity contribution in [3.63, 3.8) is 0 Å². The number of hydrogen-bond acceptors (Lipinski definition) is 4. The van der Waals surface area contributed by atoms with Crippen LogP contribution in [0.25, 0.3) is 5.69 Å². The van der Waals surface area contributed by atoms with Crippen molar-refractivity contribution >= 4 is 23.6 Å². The second kappa shape index (κ2) is 8.61. The normalized spacial score (nSPS) is 17.3. The first kappa shape index (κ1) is 20.0.